The third-order valence-corrected chi connectivity index (χ3v) is 3.00. The Balaban J connectivity index is 2.15. The lowest BCUT2D eigenvalue weighted by atomic mass is 10.2. The summed E-state index contributed by atoms with van der Waals surface area (Å²) in [6.07, 6.45) is 3.25. The van der Waals surface area contributed by atoms with Crippen molar-refractivity contribution in [1.82, 2.24) is 9.97 Å². The summed E-state index contributed by atoms with van der Waals surface area (Å²) in [4.78, 5) is 20.2. The SMILES string of the molecule is CNc1ccc(C(=O)Nc2ncc(Br)cc2C)nc1. The van der Waals surface area contributed by atoms with E-state index in [0.29, 0.717) is 11.5 Å². The molecule has 19 heavy (non-hydrogen) atoms. The zero-order valence-electron chi connectivity index (χ0n) is 10.6. The van der Waals surface area contributed by atoms with E-state index >= 15 is 0 Å². The summed E-state index contributed by atoms with van der Waals surface area (Å²) >= 11 is 3.33. The minimum Gasteiger partial charge on any atom is -0.387 e. The maximum absolute atomic E-state index is 12.0. The van der Waals surface area contributed by atoms with E-state index in [1.54, 1.807) is 31.6 Å². The molecule has 2 rings (SSSR count). The molecule has 0 aliphatic rings. The molecule has 0 unspecified atom stereocenters. The van der Waals surface area contributed by atoms with E-state index in [2.05, 4.69) is 36.5 Å². The molecule has 6 heteroatoms. The van der Waals surface area contributed by atoms with Crippen molar-refractivity contribution < 1.29 is 4.79 Å². The fourth-order valence-electron chi connectivity index (χ4n) is 1.52. The van der Waals surface area contributed by atoms with Crippen LogP contribution in [0.4, 0.5) is 11.5 Å². The topological polar surface area (TPSA) is 66.9 Å². The Morgan fingerprint density at radius 2 is 2.05 bits per heavy atom. The van der Waals surface area contributed by atoms with Gasteiger partial charge in [0.15, 0.2) is 0 Å². The molecule has 2 N–H and O–H groups in total. The van der Waals surface area contributed by atoms with Gasteiger partial charge in [0.25, 0.3) is 5.91 Å². The molecule has 2 aromatic rings. The van der Waals surface area contributed by atoms with Gasteiger partial charge in [0.2, 0.25) is 0 Å². The molecule has 2 heterocycles. The highest BCUT2D eigenvalue weighted by Crippen LogP contribution is 2.17. The third kappa shape index (κ3) is 3.29. The van der Waals surface area contributed by atoms with Gasteiger partial charge in [0.1, 0.15) is 11.5 Å². The number of hydrogen-bond donors (Lipinski definition) is 2. The summed E-state index contributed by atoms with van der Waals surface area (Å²) in [5.74, 6) is 0.258. The van der Waals surface area contributed by atoms with Gasteiger partial charge in [-0.1, -0.05) is 0 Å². The number of rotatable bonds is 3. The Morgan fingerprint density at radius 1 is 1.26 bits per heavy atom. The molecule has 0 atom stereocenters. The number of hydrogen-bond acceptors (Lipinski definition) is 4. The molecule has 0 aliphatic heterocycles. The van der Waals surface area contributed by atoms with Crippen LogP contribution in [0, 0.1) is 6.92 Å². The minimum atomic E-state index is -0.277. The third-order valence-electron chi connectivity index (χ3n) is 2.56. The van der Waals surface area contributed by atoms with Gasteiger partial charge in [0.05, 0.1) is 11.9 Å². The van der Waals surface area contributed by atoms with Gasteiger partial charge in [-0.15, -0.1) is 0 Å². The lowest BCUT2D eigenvalue weighted by molar-refractivity contribution is 0.102. The van der Waals surface area contributed by atoms with E-state index in [1.165, 1.54) is 0 Å². The van der Waals surface area contributed by atoms with Crippen LogP contribution in [0.2, 0.25) is 0 Å². The number of aryl methyl sites for hydroxylation is 1. The number of aromatic nitrogens is 2. The Labute approximate surface area is 119 Å². The van der Waals surface area contributed by atoms with E-state index in [9.17, 15) is 4.79 Å². The fourth-order valence-corrected chi connectivity index (χ4v) is 1.96. The van der Waals surface area contributed by atoms with E-state index in [1.807, 2.05) is 13.0 Å². The van der Waals surface area contributed by atoms with Crippen LogP contribution in [-0.4, -0.2) is 22.9 Å². The highest BCUT2D eigenvalue weighted by atomic mass is 79.9. The number of anilines is 2. The largest absolute Gasteiger partial charge is 0.387 e. The highest BCUT2D eigenvalue weighted by molar-refractivity contribution is 9.10. The number of carbonyl (C=O) groups is 1. The van der Waals surface area contributed by atoms with Crippen molar-refractivity contribution in [1.29, 1.82) is 0 Å². The molecule has 0 saturated carbocycles. The predicted octanol–water partition coefficient (Wildman–Crippen LogP) is 2.84. The van der Waals surface area contributed by atoms with Gasteiger partial charge in [0, 0.05) is 17.7 Å². The molecule has 1 amide bonds. The summed E-state index contributed by atoms with van der Waals surface area (Å²) in [5, 5.41) is 5.68. The quantitative estimate of drug-likeness (QED) is 0.912. The van der Waals surface area contributed by atoms with Crippen molar-refractivity contribution in [2.45, 2.75) is 6.92 Å². The zero-order valence-corrected chi connectivity index (χ0v) is 12.2. The molecule has 0 radical (unpaired) electrons. The van der Waals surface area contributed by atoms with Crippen molar-refractivity contribution in [3.8, 4) is 0 Å². The summed E-state index contributed by atoms with van der Waals surface area (Å²) in [5.41, 5.74) is 2.09. The normalized spacial score (nSPS) is 10.1. The number of carbonyl (C=O) groups excluding carboxylic acids is 1. The zero-order chi connectivity index (χ0) is 13.8. The first-order valence-electron chi connectivity index (χ1n) is 5.67. The average Bonchev–Trinajstić information content (AvgIpc) is 2.42. The monoisotopic (exact) mass is 320 g/mol. The molecule has 0 saturated heterocycles. The number of pyridine rings is 2. The summed E-state index contributed by atoms with van der Waals surface area (Å²) in [6.45, 7) is 1.88. The maximum atomic E-state index is 12.0. The van der Waals surface area contributed by atoms with Crippen LogP contribution in [-0.2, 0) is 0 Å². The molecule has 0 bridgehead atoms. The molecular weight excluding hydrogens is 308 g/mol. The average molecular weight is 321 g/mol. The van der Waals surface area contributed by atoms with E-state index < -0.39 is 0 Å². The van der Waals surface area contributed by atoms with Crippen LogP contribution < -0.4 is 10.6 Å². The summed E-state index contributed by atoms with van der Waals surface area (Å²) < 4.78 is 0.875. The Kier molecular flexibility index (Phi) is 4.11. The van der Waals surface area contributed by atoms with Crippen molar-refractivity contribution in [3.05, 3.63) is 46.3 Å². The smallest absolute Gasteiger partial charge is 0.275 e. The predicted molar refractivity (Wildman–Crippen MR) is 78.4 cm³/mol. The Hall–Kier alpha value is -1.95. The second kappa shape index (κ2) is 5.79. The van der Waals surface area contributed by atoms with Gasteiger partial charge >= 0.3 is 0 Å². The second-order valence-electron chi connectivity index (χ2n) is 3.96. The van der Waals surface area contributed by atoms with Crippen LogP contribution in [0.3, 0.4) is 0 Å². The Bertz CT molecular complexity index is 598. The van der Waals surface area contributed by atoms with Crippen LogP contribution in [0.1, 0.15) is 16.1 Å². The molecule has 0 spiro atoms. The number of nitrogens with one attached hydrogen (secondary N) is 2. The highest BCUT2D eigenvalue weighted by Gasteiger charge is 2.10. The number of nitrogens with zero attached hydrogens (tertiary/aromatic N) is 2. The summed E-state index contributed by atoms with van der Waals surface area (Å²) in [7, 11) is 1.80. The molecule has 5 nitrogen and oxygen atoms in total. The molecule has 0 fully saturated rings. The van der Waals surface area contributed by atoms with Crippen LogP contribution in [0.15, 0.2) is 35.1 Å². The van der Waals surface area contributed by atoms with Crippen molar-refractivity contribution in [2.75, 3.05) is 17.7 Å². The van der Waals surface area contributed by atoms with Gasteiger partial charge < -0.3 is 10.6 Å². The second-order valence-corrected chi connectivity index (χ2v) is 4.87. The first-order valence-corrected chi connectivity index (χ1v) is 6.47. The van der Waals surface area contributed by atoms with Gasteiger partial charge in [-0.05, 0) is 46.6 Å². The fraction of sp³-hybridized carbons (Fsp3) is 0.154. The maximum Gasteiger partial charge on any atom is 0.275 e. The molecule has 0 aromatic carbocycles. The van der Waals surface area contributed by atoms with Crippen molar-refractivity contribution in [3.63, 3.8) is 0 Å². The molecular formula is C13H13BrN4O. The Morgan fingerprint density at radius 3 is 2.63 bits per heavy atom. The standard InChI is InChI=1S/C13H13BrN4O/c1-8-5-9(14)6-17-12(8)18-13(19)11-4-3-10(15-2)7-16-11/h3-7,15H,1-2H3,(H,17,18,19). The van der Waals surface area contributed by atoms with E-state index in [4.69, 9.17) is 0 Å². The molecule has 0 aliphatic carbocycles. The summed E-state index contributed by atoms with van der Waals surface area (Å²) in [6, 6.07) is 5.35. The van der Waals surface area contributed by atoms with Crippen LogP contribution in [0.5, 0.6) is 0 Å². The van der Waals surface area contributed by atoms with Crippen molar-refractivity contribution in [2.24, 2.45) is 0 Å². The lowest BCUT2D eigenvalue weighted by Gasteiger charge is -2.07. The van der Waals surface area contributed by atoms with Crippen LogP contribution in [0.25, 0.3) is 0 Å². The van der Waals surface area contributed by atoms with E-state index in [0.717, 1.165) is 15.7 Å². The van der Waals surface area contributed by atoms with Crippen LogP contribution >= 0.6 is 15.9 Å². The minimum absolute atomic E-state index is 0.277. The molecule has 98 valence electrons. The van der Waals surface area contributed by atoms with Gasteiger partial charge in [-0.25, -0.2) is 9.97 Å². The van der Waals surface area contributed by atoms with Gasteiger partial charge in [-0.2, -0.15) is 0 Å². The lowest BCUT2D eigenvalue weighted by Crippen LogP contribution is -2.15. The first-order chi connectivity index (χ1) is 9.10. The van der Waals surface area contributed by atoms with Gasteiger partial charge in [-0.3, -0.25) is 4.79 Å². The van der Waals surface area contributed by atoms with E-state index in [-0.39, 0.29) is 5.91 Å². The first kappa shape index (κ1) is 13.5. The number of amides is 1. The molecule has 2 aromatic heterocycles. The van der Waals surface area contributed by atoms with Crippen molar-refractivity contribution >= 4 is 33.3 Å². The number of halogens is 1.